The molecule has 146 valence electrons. The Labute approximate surface area is 170 Å². The quantitative estimate of drug-likeness (QED) is 0.610. The van der Waals surface area contributed by atoms with Crippen molar-refractivity contribution >= 4 is 42.1 Å². The molecule has 0 radical (unpaired) electrons. The first-order chi connectivity index (χ1) is 13.2. The molecule has 0 saturated heterocycles. The van der Waals surface area contributed by atoms with E-state index in [1.807, 2.05) is 18.2 Å². The summed E-state index contributed by atoms with van der Waals surface area (Å²) in [6.07, 6.45) is 0. The van der Waals surface area contributed by atoms with Gasteiger partial charge in [0.05, 0.1) is 28.1 Å². The fraction of sp³-hybridized carbons (Fsp3) is 0.211. The van der Waals surface area contributed by atoms with E-state index >= 15 is 0 Å². The average Bonchev–Trinajstić information content (AvgIpc) is 3.06. The van der Waals surface area contributed by atoms with Crippen molar-refractivity contribution in [2.45, 2.75) is 24.3 Å². The third-order valence-corrected chi connectivity index (χ3v) is 8.12. The number of hydrogen-bond donors (Lipinski definition) is 2. The summed E-state index contributed by atoms with van der Waals surface area (Å²) in [4.78, 5) is 6.06. The van der Waals surface area contributed by atoms with Crippen LogP contribution in [-0.2, 0) is 15.6 Å². The Kier molecular flexibility index (Phi) is 4.58. The molecule has 0 aliphatic carbocycles. The van der Waals surface area contributed by atoms with Gasteiger partial charge in [0.25, 0.3) is 0 Å². The second-order valence-electron chi connectivity index (χ2n) is 6.99. The number of nitrogens with zero attached hydrogens (tertiary/aromatic N) is 1. The number of fused-ring (bicyclic) bond motifs is 3. The van der Waals surface area contributed by atoms with Gasteiger partial charge in [0, 0.05) is 16.8 Å². The molecule has 0 fully saturated rings. The van der Waals surface area contributed by atoms with E-state index in [0.29, 0.717) is 5.69 Å². The highest BCUT2D eigenvalue weighted by Crippen LogP contribution is 2.46. The minimum absolute atomic E-state index is 0.0721. The van der Waals surface area contributed by atoms with Gasteiger partial charge in [-0.3, -0.25) is 0 Å². The van der Waals surface area contributed by atoms with Crippen molar-refractivity contribution in [3.63, 3.8) is 0 Å². The lowest BCUT2D eigenvalue weighted by atomic mass is 9.90. The molecule has 0 amide bonds. The summed E-state index contributed by atoms with van der Waals surface area (Å²) in [7, 11) is 1.22. The predicted molar refractivity (Wildman–Crippen MR) is 114 cm³/mol. The van der Waals surface area contributed by atoms with Gasteiger partial charge in [-0.15, -0.1) is 0 Å². The van der Waals surface area contributed by atoms with Gasteiger partial charge >= 0.3 is 0 Å². The number of methoxy groups -OCH3 is 1. The SMILES string of the molecule is COc1ccc2c(c1)-c1c(ssc1=Nc1ccc(S(N)(=O)=O)cc1)C(C)(C)N2. The minimum Gasteiger partial charge on any atom is -0.497 e. The molecule has 3 aromatic rings. The normalized spacial score (nSPS) is 15.5. The van der Waals surface area contributed by atoms with Crippen molar-refractivity contribution in [1.29, 1.82) is 0 Å². The van der Waals surface area contributed by atoms with Crippen molar-refractivity contribution in [3.05, 3.63) is 52.0 Å². The Morgan fingerprint density at radius 1 is 1.11 bits per heavy atom. The van der Waals surface area contributed by atoms with E-state index in [2.05, 4.69) is 19.2 Å². The molecule has 0 atom stereocenters. The van der Waals surface area contributed by atoms with Gasteiger partial charge in [-0.25, -0.2) is 18.5 Å². The predicted octanol–water partition coefficient (Wildman–Crippen LogP) is 4.03. The fourth-order valence-corrected chi connectivity index (χ4v) is 6.63. The van der Waals surface area contributed by atoms with Gasteiger partial charge in [-0.1, -0.05) is 20.7 Å². The molecule has 28 heavy (non-hydrogen) atoms. The maximum Gasteiger partial charge on any atom is 0.238 e. The Morgan fingerprint density at radius 2 is 1.82 bits per heavy atom. The van der Waals surface area contributed by atoms with Crippen LogP contribution in [0.2, 0.25) is 0 Å². The Bertz CT molecular complexity index is 1220. The molecule has 0 spiro atoms. The molecule has 3 N–H and O–H groups in total. The molecular weight excluding hydrogens is 414 g/mol. The lowest BCUT2D eigenvalue weighted by Crippen LogP contribution is -2.31. The van der Waals surface area contributed by atoms with Crippen molar-refractivity contribution in [3.8, 4) is 16.9 Å². The maximum absolute atomic E-state index is 11.5. The summed E-state index contributed by atoms with van der Waals surface area (Å²) < 4.78 is 29.2. The van der Waals surface area contributed by atoms with Gasteiger partial charge in [0.15, 0.2) is 0 Å². The number of sulfonamides is 1. The van der Waals surface area contributed by atoms with Crippen molar-refractivity contribution < 1.29 is 13.2 Å². The second-order valence-corrected chi connectivity index (χ2v) is 10.7. The number of anilines is 1. The zero-order chi connectivity index (χ0) is 20.1. The maximum atomic E-state index is 11.5. The van der Waals surface area contributed by atoms with Crippen molar-refractivity contribution in [1.82, 2.24) is 0 Å². The molecule has 9 heteroatoms. The third-order valence-electron chi connectivity index (χ3n) is 4.55. The molecule has 1 aliphatic heterocycles. The Morgan fingerprint density at radius 3 is 2.46 bits per heavy atom. The topological polar surface area (TPSA) is 93.8 Å². The molecule has 4 rings (SSSR count). The Balaban J connectivity index is 1.90. The highest BCUT2D eigenvalue weighted by molar-refractivity contribution is 7.89. The molecule has 1 aromatic heterocycles. The van der Waals surface area contributed by atoms with Gasteiger partial charge in [-0.2, -0.15) is 0 Å². The summed E-state index contributed by atoms with van der Waals surface area (Å²) in [5.74, 6) is 0.783. The van der Waals surface area contributed by atoms with Gasteiger partial charge in [0.2, 0.25) is 10.0 Å². The number of nitrogens with two attached hydrogens (primary N) is 1. The van der Waals surface area contributed by atoms with Crippen molar-refractivity contribution in [2.75, 3.05) is 12.4 Å². The molecule has 0 unspecified atom stereocenters. The number of nitrogens with one attached hydrogen (secondary N) is 1. The molecule has 0 bridgehead atoms. The van der Waals surface area contributed by atoms with Gasteiger partial charge < -0.3 is 10.1 Å². The van der Waals surface area contributed by atoms with Crippen LogP contribution < -0.4 is 19.9 Å². The largest absolute Gasteiger partial charge is 0.497 e. The van der Waals surface area contributed by atoms with Crippen LogP contribution in [0.3, 0.4) is 0 Å². The highest BCUT2D eigenvalue weighted by atomic mass is 32.9. The summed E-state index contributed by atoms with van der Waals surface area (Å²) >= 11 is 0. The van der Waals surface area contributed by atoms with Crippen LogP contribution in [0.15, 0.2) is 52.4 Å². The average molecular weight is 434 g/mol. The van der Waals surface area contributed by atoms with E-state index in [9.17, 15) is 8.42 Å². The number of ether oxygens (including phenoxy) is 1. The lowest BCUT2D eigenvalue weighted by Gasteiger charge is -2.33. The highest BCUT2D eigenvalue weighted by Gasteiger charge is 2.33. The zero-order valence-corrected chi connectivity index (χ0v) is 18.0. The first-order valence-corrected chi connectivity index (χ1v) is 12.2. The van der Waals surface area contributed by atoms with E-state index in [4.69, 9.17) is 14.9 Å². The summed E-state index contributed by atoms with van der Waals surface area (Å²) in [5.41, 5.74) is 3.62. The zero-order valence-electron chi connectivity index (χ0n) is 15.5. The lowest BCUT2D eigenvalue weighted by molar-refractivity contribution is 0.415. The van der Waals surface area contributed by atoms with E-state index < -0.39 is 10.0 Å². The van der Waals surface area contributed by atoms with Crippen LogP contribution in [0.1, 0.15) is 18.7 Å². The van der Waals surface area contributed by atoms with E-state index in [0.717, 1.165) is 27.2 Å². The van der Waals surface area contributed by atoms with Crippen LogP contribution in [0, 0.1) is 0 Å². The second kappa shape index (κ2) is 6.70. The Hall–Kier alpha value is -2.20. The summed E-state index contributed by atoms with van der Waals surface area (Å²) in [6.45, 7) is 4.29. The van der Waals surface area contributed by atoms with E-state index in [-0.39, 0.29) is 10.4 Å². The van der Waals surface area contributed by atoms with Crippen LogP contribution in [0.5, 0.6) is 5.75 Å². The number of rotatable bonds is 3. The van der Waals surface area contributed by atoms with Gasteiger partial charge in [0.1, 0.15) is 10.4 Å². The first kappa shape index (κ1) is 19.1. The van der Waals surface area contributed by atoms with Crippen LogP contribution in [-0.4, -0.2) is 15.5 Å². The summed E-state index contributed by atoms with van der Waals surface area (Å²) in [5, 5.41) is 8.76. The molecular formula is C19H19N3O3S3. The molecule has 2 heterocycles. The summed E-state index contributed by atoms with van der Waals surface area (Å²) in [6, 6.07) is 12.2. The van der Waals surface area contributed by atoms with Crippen LogP contribution >= 0.6 is 20.7 Å². The van der Waals surface area contributed by atoms with Crippen molar-refractivity contribution in [2.24, 2.45) is 10.1 Å². The number of primary sulfonamides is 1. The van der Waals surface area contributed by atoms with E-state index in [1.54, 1.807) is 39.9 Å². The fourth-order valence-electron chi connectivity index (χ4n) is 3.18. The monoisotopic (exact) mass is 433 g/mol. The molecule has 6 nitrogen and oxygen atoms in total. The molecule has 2 aromatic carbocycles. The van der Waals surface area contributed by atoms with E-state index in [1.165, 1.54) is 17.0 Å². The first-order valence-electron chi connectivity index (χ1n) is 8.47. The minimum atomic E-state index is -3.72. The smallest absolute Gasteiger partial charge is 0.238 e. The number of benzene rings is 2. The standard InChI is InChI=1S/C19H19N3O3S3/c1-19(2)17-16(14-10-12(25-3)6-9-15(14)22-19)18(27-26-17)21-11-4-7-13(8-5-11)28(20,23)24/h4-10,22H,1-3H3,(H2,20,23,24). The van der Waals surface area contributed by atoms with Gasteiger partial charge in [-0.05, 0) is 56.3 Å². The van der Waals surface area contributed by atoms with Crippen LogP contribution in [0.4, 0.5) is 11.4 Å². The number of hydrogen-bond acceptors (Lipinski definition) is 7. The molecule has 1 aliphatic rings. The third kappa shape index (κ3) is 3.35. The van der Waals surface area contributed by atoms with Crippen LogP contribution in [0.25, 0.3) is 11.1 Å². The molecule has 0 saturated carbocycles.